The van der Waals surface area contributed by atoms with Gasteiger partial charge in [-0.2, -0.15) is 0 Å². The van der Waals surface area contributed by atoms with E-state index in [-0.39, 0.29) is 0 Å². The third-order valence-corrected chi connectivity index (χ3v) is 3.53. The van der Waals surface area contributed by atoms with Gasteiger partial charge in [0.05, 0.1) is 0 Å². The van der Waals surface area contributed by atoms with Crippen molar-refractivity contribution in [2.24, 2.45) is 5.73 Å². The molecule has 2 aromatic rings. The lowest BCUT2D eigenvalue weighted by atomic mass is 10.1. The first-order chi connectivity index (χ1) is 9.01. The van der Waals surface area contributed by atoms with Crippen LogP contribution in [0.15, 0.2) is 36.4 Å². The fourth-order valence-electron chi connectivity index (χ4n) is 2.41. The number of hydrogen-bond acceptors (Lipinski definition) is 2. The second kappa shape index (κ2) is 5.45. The summed E-state index contributed by atoms with van der Waals surface area (Å²) in [6.07, 6.45) is 0. The van der Waals surface area contributed by atoms with Gasteiger partial charge in [0.1, 0.15) is 0 Å². The summed E-state index contributed by atoms with van der Waals surface area (Å²) in [5.74, 6) is 0. The van der Waals surface area contributed by atoms with Crippen LogP contribution >= 0.6 is 0 Å². The summed E-state index contributed by atoms with van der Waals surface area (Å²) in [6.45, 7) is 6.97. The molecule has 2 N–H and O–H groups in total. The average Bonchev–Trinajstić information content (AvgIpc) is 2.36. The van der Waals surface area contributed by atoms with Crippen molar-refractivity contribution in [3.8, 4) is 0 Å². The first-order valence-corrected chi connectivity index (χ1v) is 6.63. The average molecular weight is 254 g/mol. The maximum absolute atomic E-state index is 5.71. The summed E-state index contributed by atoms with van der Waals surface area (Å²) in [7, 11) is 2.10. The summed E-state index contributed by atoms with van der Waals surface area (Å²) < 4.78 is 0. The Morgan fingerprint density at radius 2 is 1.53 bits per heavy atom. The molecule has 0 bridgehead atoms. The van der Waals surface area contributed by atoms with Crippen molar-refractivity contribution < 1.29 is 0 Å². The Hall–Kier alpha value is -1.80. The van der Waals surface area contributed by atoms with Crippen molar-refractivity contribution in [1.82, 2.24) is 0 Å². The van der Waals surface area contributed by atoms with Gasteiger partial charge in [-0.1, -0.05) is 12.1 Å². The summed E-state index contributed by atoms with van der Waals surface area (Å²) in [5, 5.41) is 0. The molecular weight excluding hydrogens is 232 g/mol. The van der Waals surface area contributed by atoms with Crippen LogP contribution in [0.4, 0.5) is 11.4 Å². The van der Waals surface area contributed by atoms with Crippen molar-refractivity contribution in [3.63, 3.8) is 0 Å². The third-order valence-electron chi connectivity index (χ3n) is 3.53. The van der Waals surface area contributed by atoms with E-state index in [2.05, 4.69) is 69.1 Å². The molecule has 0 spiro atoms. The number of aryl methyl sites for hydroxylation is 3. The van der Waals surface area contributed by atoms with Crippen molar-refractivity contribution in [3.05, 3.63) is 58.7 Å². The van der Waals surface area contributed by atoms with Crippen molar-refractivity contribution in [2.45, 2.75) is 27.3 Å². The second-order valence-corrected chi connectivity index (χ2v) is 5.22. The molecule has 100 valence electrons. The summed E-state index contributed by atoms with van der Waals surface area (Å²) >= 11 is 0. The Balaban J connectivity index is 2.38. The minimum absolute atomic E-state index is 0.597. The Labute approximate surface area is 115 Å². The molecule has 0 radical (unpaired) electrons. The topological polar surface area (TPSA) is 29.3 Å². The molecule has 0 saturated carbocycles. The number of nitrogens with two attached hydrogens (primary N) is 1. The molecule has 0 atom stereocenters. The molecule has 0 aromatic heterocycles. The summed E-state index contributed by atoms with van der Waals surface area (Å²) in [4.78, 5) is 2.22. The van der Waals surface area contributed by atoms with Crippen LogP contribution in [0.5, 0.6) is 0 Å². The van der Waals surface area contributed by atoms with Gasteiger partial charge in [-0.15, -0.1) is 0 Å². The molecular formula is C17H22N2. The molecule has 0 aliphatic carbocycles. The maximum atomic E-state index is 5.71. The molecule has 2 heteroatoms. The number of benzene rings is 2. The van der Waals surface area contributed by atoms with Crippen LogP contribution in [-0.2, 0) is 6.54 Å². The summed E-state index contributed by atoms with van der Waals surface area (Å²) in [6, 6.07) is 13.1. The molecule has 2 aromatic carbocycles. The number of nitrogens with zero attached hydrogens (tertiary/aromatic N) is 1. The van der Waals surface area contributed by atoms with E-state index in [9.17, 15) is 0 Å². The van der Waals surface area contributed by atoms with Crippen molar-refractivity contribution >= 4 is 11.4 Å². The molecule has 0 fully saturated rings. The van der Waals surface area contributed by atoms with E-state index < -0.39 is 0 Å². The molecule has 0 heterocycles. The van der Waals surface area contributed by atoms with Crippen LogP contribution < -0.4 is 10.6 Å². The van der Waals surface area contributed by atoms with Crippen LogP contribution in [0, 0.1) is 20.8 Å². The van der Waals surface area contributed by atoms with Gasteiger partial charge in [0.15, 0.2) is 0 Å². The van der Waals surface area contributed by atoms with Gasteiger partial charge in [0.25, 0.3) is 0 Å². The van der Waals surface area contributed by atoms with E-state index >= 15 is 0 Å². The summed E-state index contributed by atoms with van der Waals surface area (Å²) in [5.41, 5.74) is 13.2. The smallest absolute Gasteiger partial charge is 0.0413 e. The Bertz CT molecular complexity index is 568. The SMILES string of the molecule is Cc1cc(C)cc(N(C)c2ccc(CN)c(C)c2)c1. The van der Waals surface area contributed by atoms with Gasteiger partial charge < -0.3 is 10.6 Å². The fraction of sp³-hybridized carbons (Fsp3) is 0.294. The predicted octanol–water partition coefficient (Wildman–Crippen LogP) is 3.84. The lowest BCUT2D eigenvalue weighted by molar-refractivity contribution is 1.04. The first kappa shape index (κ1) is 13.6. The highest BCUT2D eigenvalue weighted by Crippen LogP contribution is 2.27. The minimum Gasteiger partial charge on any atom is -0.345 e. The van der Waals surface area contributed by atoms with Crippen LogP contribution in [0.25, 0.3) is 0 Å². The van der Waals surface area contributed by atoms with E-state index in [1.807, 2.05) is 0 Å². The van der Waals surface area contributed by atoms with Crippen molar-refractivity contribution in [2.75, 3.05) is 11.9 Å². The first-order valence-electron chi connectivity index (χ1n) is 6.63. The molecule has 0 aliphatic heterocycles. The van der Waals surface area contributed by atoms with E-state index in [1.54, 1.807) is 0 Å². The molecule has 0 saturated heterocycles. The fourth-order valence-corrected chi connectivity index (χ4v) is 2.41. The lowest BCUT2D eigenvalue weighted by Crippen LogP contribution is -2.11. The second-order valence-electron chi connectivity index (χ2n) is 5.22. The number of anilines is 2. The Morgan fingerprint density at radius 1 is 0.895 bits per heavy atom. The van der Waals surface area contributed by atoms with Crippen LogP contribution in [0.3, 0.4) is 0 Å². The minimum atomic E-state index is 0.597. The maximum Gasteiger partial charge on any atom is 0.0413 e. The Kier molecular flexibility index (Phi) is 3.91. The van der Waals surface area contributed by atoms with Gasteiger partial charge in [0, 0.05) is 25.0 Å². The molecule has 0 unspecified atom stereocenters. The molecule has 0 aliphatic rings. The zero-order chi connectivity index (χ0) is 14.0. The lowest BCUT2D eigenvalue weighted by Gasteiger charge is -2.22. The van der Waals surface area contributed by atoms with Crippen LogP contribution in [0.1, 0.15) is 22.3 Å². The van der Waals surface area contributed by atoms with Gasteiger partial charge >= 0.3 is 0 Å². The monoisotopic (exact) mass is 254 g/mol. The quantitative estimate of drug-likeness (QED) is 0.901. The Morgan fingerprint density at radius 3 is 2.05 bits per heavy atom. The zero-order valence-electron chi connectivity index (χ0n) is 12.2. The van der Waals surface area contributed by atoms with Gasteiger partial charge in [0.2, 0.25) is 0 Å². The van der Waals surface area contributed by atoms with Gasteiger partial charge in [-0.05, 0) is 67.3 Å². The standard InChI is InChI=1S/C17H22N2/c1-12-7-13(2)9-17(8-12)19(4)16-6-5-15(11-18)14(3)10-16/h5-10H,11,18H2,1-4H3. The zero-order valence-corrected chi connectivity index (χ0v) is 12.2. The molecule has 19 heavy (non-hydrogen) atoms. The van der Waals surface area contributed by atoms with E-state index in [0.29, 0.717) is 6.54 Å². The van der Waals surface area contributed by atoms with Gasteiger partial charge in [-0.25, -0.2) is 0 Å². The third kappa shape index (κ3) is 2.96. The normalized spacial score (nSPS) is 10.6. The number of hydrogen-bond donors (Lipinski definition) is 1. The molecule has 2 rings (SSSR count). The van der Waals surface area contributed by atoms with E-state index in [1.165, 1.54) is 33.6 Å². The highest BCUT2D eigenvalue weighted by molar-refractivity contribution is 5.65. The molecule has 2 nitrogen and oxygen atoms in total. The predicted molar refractivity (Wildman–Crippen MR) is 83.0 cm³/mol. The molecule has 0 amide bonds. The van der Waals surface area contributed by atoms with E-state index in [4.69, 9.17) is 5.73 Å². The highest BCUT2D eigenvalue weighted by Gasteiger charge is 2.06. The van der Waals surface area contributed by atoms with Crippen molar-refractivity contribution in [1.29, 1.82) is 0 Å². The van der Waals surface area contributed by atoms with Crippen LogP contribution in [-0.4, -0.2) is 7.05 Å². The van der Waals surface area contributed by atoms with E-state index in [0.717, 1.165) is 0 Å². The van der Waals surface area contributed by atoms with Crippen LogP contribution in [0.2, 0.25) is 0 Å². The number of rotatable bonds is 3. The van der Waals surface area contributed by atoms with Gasteiger partial charge in [-0.3, -0.25) is 0 Å². The highest BCUT2D eigenvalue weighted by atomic mass is 15.1. The largest absolute Gasteiger partial charge is 0.345 e.